The van der Waals surface area contributed by atoms with Gasteiger partial charge < -0.3 is 25.0 Å². The lowest BCUT2D eigenvalue weighted by Gasteiger charge is -2.24. The summed E-state index contributed by atoms with van der Waals surface area (Å²) in [4.78, 5) is 17.6. The zero-order chi connectivity index (χ0) is 18.9. The molecule has 0 heterocycles. The number of nitrogens with one attached hydrogen (secondary N) is 2. The van der Waals surface area contributed by atoms with Crippen LogP contribution in [0.25, 0.3) is 0 Å². The van der Waals surface area contributed by atoms with Crippen molar-refractivity contribution < 1.29 is 14.3 Å². The van der Waals surface area contributed by atoms with Crippen LogP contribution >= 0.6 is 24.0 Å². The van der Waals surface area contributed by atoms with Gasteiger partial charge in [-0.05, 0) is 38.5 Å². The first-order valence-electron chi connectivity index (χ1n) is 8.26. The molecular formula is C18H31IN4O3. The highest BCUT2D eigenvalue weighted by Crippen LogP contribution is 2.12. The quantitative estimate of drug-likeness (QED) is 0.374. The topological polar surface area (TPSA) is 75.2 Å². The first kappa shape index (κ1) is 24.3. The lowest BCUT2D eigenvalue weighted by molar-refractivity contribution is 0.0302. The van der Waals surface area contributed by atoms with Gasteiger partial charge in [0.15, 0.2) is 5.96 Å². The van der Waals surface area contributed by atoms with E-state index < -0.39 is 5.60 Å². The minimum Gasteiger partial charge on any atom is -0.497 e. The number of methoxy groups -OCH3 is 1. The molecule has 0 aliphatic carbocycles. The minimum atomic E-state index is -0.493. The molecule has 1 aromatic rings. The van der Waals surface area contributed by atoms with Gasteiger partial charge in [0.1, 0.15) is 11.4 Å². The van der Waals surface area contributed by atoms with Gasteiger partial charge in [-0.2, -0.15) is 0 Å². The predicted octanol–water partition coefficient (Wildman–Crippen LogP) is 2.85. The number of carbonyl (C=O) groups is 1. The molecule has 8 heteroatoms. The highest BCUT2D eigenvalue weighted by molar-refractivity contribution is 14.0. The summed E-state index contributed by atoms with van der Waals surface area (Å²) in [6, 6.07) is 7.83. The number of amides is 1. The van der Waals surface area contributed by atoms with Gasteiger partial charge in [0, 0.05) is 33.7 Å². The average Bonchev–Trinajstić information content (AvgIpc) is 2.56. The van der Waals surface area contributed by atoms with E-state index in [2.05, 4.69) is 15.6 Å². The van der Waals surface area contributed by atoms with E-state index >= 15 is 0 Å². The van der Waals surface area contributed by atoms with Crippen LogP contribution in [0.4, 0.5) is 4.79 Å². The fourth-order valence-electron chi connectivity index (χ4n) is 1.96. The Morgan fingerprint density at radius 2 is 1.96 bits per heavy atom. The molecule has 0 aliphatic heterocycles. The van der Waals surface area contributed by atoms with Crippen molar-refractivity contribution in [1.82, 2.24) is 15.5 Å². The number of likely N-dealkylation sites (N-methyl/N-ethyl adjacent to an activating group) is 1. The van der Waals surface area contributed by atoms with Crippen LogP contribution in [0.1, 0.15) is 26.3 Å². The molecule has 2 N–H and O–H groups in total. The number of ether oxygens (including phenoxy) is 2. The van der Waals surface area contributed by atoms with E-state index in [4.69, 9.17) is 9.47 Å². The van der Waals surface area contributed by atoms with Gasteiger partial charge in [-0.3, -0.25) is 4.99 Å². The van der Waals surface area contributed by atoms with Crippen molar-refractivity contribution in [2.24, 2.45) is 4.99 Å². The molecule has 0 saturated carbocycles. The fourth-order valence-corrected chi connectivity index (χ4v) is 1.96. The summed E-state index contributed by atoms with van der Waals surface area (Å²) >= 11 is 0. The molecule has 0 bridgehead atoms. The number of guanidine groups is 1. The van der Waals surface area contributed by atoms with Gasteiger partial charge in [0.2, 0.25) is 0 Å². The first-order valence-corrected chi connectivity index (χ1v) is 8.26. The summed E-state index contributed by atoms with van der Waals surface area (Å²) < 4.78 is 10.5. The number of halogens is 1. The maximum absolute atomic E-state index is 11.9. The highest BCUT2D eigenvalue weighted by Gasteiger charge is 2.19. The van der Waals surface area contributed by atoms with Crippen LogP contribution in [0.2, 0.25) is 0 Å². The Kier molecular flexibility index (Phi) is 11.0. The standard InChI is InChI=1S/C18H30N4O3.HI/c1-18(2,3)25-17(23)22(5)11-10-20-16(19-4)21-13-14-8-7-9-15(12-14)24-6;/h7-9,12H,10-11,13H2,1-6H3,(H2,19,20,21);1H. The summed E-state index contributed by atoms with van der Waals surface area (Å²) in [5.74, 6) is 1.49. The Morgan fingerprint density at radius 1 is 1.27 bits per heavy atom. The van der Waals surface area contributed by atoms with E-state index in [1.165, 1.54) is 4.90 Å². The smallest absolute Gasteiger partial charge is 0.410 e. The zero-order valence-electron chi connectivity index (χ0n) is 16.5. The Morgan fingerprint density at radius 3 is 2.54 bits per heavy atom. The average molecular weight is 478 g/mol. The molecule has 0 fully saturated rings. The van der Waals surface area contributed by atoms with E-state index in [0.29, 0.717) is 25.6 Å². The Balaban J connectivity index is 0.00000625. The number of carbonyl (C=O) groups excluding carboxylic acids is 1. The molecule has 1 rings (SSSR count). The lowest BCUT2D eigenvalue weighted by Crippen LogP contribution is -2.42. The maximum Gasteiger partial charge on any atom is 0.410 e. The van der Waals surface area contributed by atoms with Crippen molar-refractivity contribution in [2.45, 2.75) is 32.9 Å². The first-order chi connectivity index (χ1) is 11.7. The molecule has 0 unspecified atom stereocenters. The molecule has 0 aliphatic rings. The van der Waals surface area contributed by atoms with E-state index in [9.17, 15) is 4.79 Å². The van der Waals surface area contributed by atoms with Gasteiger partial charge in [0.25, 0.3) is 0 Å². The Hall–Kier alpha value is -1.71. The zero-order valence-corrected chi connectivity index (χ0v) is 18.8. The Labute approximate surface area is 173 Å². The number of nitrogens with zero attached hydrogens (tertiary/aromatic N) is 2. The second-order valence-electron chi connectivity index (χ2n) is 6.61. The molecule has 0 saturated heterocycles. The third-order valence-electron chi connectivity index (χ3n) is 3.26. The second-order valence-corrected chi connectivity index (χ2v) is 6.61. The van der Waals surface area contributed by atoms with E-state index in [1.807, 2.05) is 45.0 Å². The molecule has 0 atom stereocenters. The van der Waals surface area contributed by atoms with Crippen molar-refractivity contribution in [3.05, 3.63) is 29.8 Å². The summed E-state index contributed by atoms with van der Waals surface area (Å²) in [5, 5.41) is 6.40. The summed E-state index contributed by atoms with van der Waals surface area (Å²) in [6.07, 6.45) is -0.339. The number of hydrogen-bond acceptors (Lipinski definition) is 4. The van der Waals surface area contributed by atoms with Crippen molar-refractivity contribution in [3.63, 3.8) is 0 Å². The molecule has 26 heavy (non-hydrogen) atoms. The fraction of sp³-hybridized carbons (Fsp3) is 0.556. The number of aliphatic imine (C=N–C) groups is 1. The van der Waals surface area contributed by atoms with Crippen molar-refractivity contribution >= 4 is 36.0 Å². The van der Waals surface area contributed by atoms with Crippen LogP contribution in [0.5, 0.6) is 5.75 Å². The van der Waals surface area contributed by atoms with Gasteiger partial charge >= 0.3 is 6.09 Å². The van der Waals surface area contributed by atoms with Gasteiger partial charge in [-0.25, -0.2) is 4.79 Å². The summed E-state index contributed by atoms with van der Waals surface area (Å²) in [6.45, 7) is 7.24. The molecule has 0 aromatic heterocycles. The van der Waals surface area contributed by atoms with Crippen LogP contribution in [0, 0.1) is 0 Å². The Bertz CT molecular complexity index is 588. The highest BCUT2D eigenvalue weighted by atomic mass is 127. The molecule has 7 nitrogen and oxygen atoms in total. The van der Waals surface area contributed by atoms with Crippen molar-refractivity contribution in [1.29, 1.82) is 0 Å². The van der Waals surface area contributed by atoms with Crippen LogP contribution in [-0.2, 0) is 11.3 Å². The monoisotopic (exact) mass is 478 g/mol. The van der Waals surface area contributed by atoms with Gasteiger partial charge in [-0.1, -0.05) is 12.1 Å². The van der Waals surface area contributed by atoms with E-state index in [1.54, 1.807) is 21.2 Å². The second kappa shape index (κ2) is 11.8. The molecule has 0 spiro atoms. The van der Waals surface area contributed by atoms with E-state index in [-0.39, 0.29) is 30.1 Å². The van der Waals surface area contributed by atoms with E-state index in [0.717, 1.165) is 11.3 Å². The maximum atomic E-state index is 11.9. The minimum absolute atomic E-state index is 0. The van der Waals surface area contributed by atoms with Crippen LogP contribution in [-0.4, -0.2) is 56.8 Å². The third-order valence-corrected chi connectivity index (χ3v) is 3.26. The largest absolute Gasteiger partial charge is 0.497 e. The molecule has 0 radical (unpaired) electrons. The van der Waals surface area contributed by atoms with Crippen molar-refractivity contribution in [3.8, 4) is 5.75 Å². The lowest BCUT2D eigenvalue weighted by atomic mass is 10.2. The number of benzene rings is 1. The predicted molar refractivity (Wildman–Crippen MR) is 115 cm³/mol. The summed E-state index contributed by atoms with van der Waals surface area (Å²) in [7, 11) is 5.06. The molecule has 1 aromatic carbocycles. The molecule has 148 valence electrons. The van der Waals surface area contributed by atoms with Gasteiger partial charge in [-0.15, -0.1) is 24.0 Å². The SMILES string of the molecule is CN=C(NCCN(C)C(=O)OC(C)(C)C)NCc1cccc(OC)c1.I. The third kappa shape index (κ3) is 9.69. The van der Waals surface area contributed by atoms with Crippen molar-refractivity contribution in [2.75, 3.05) is 34.3 Å². The normalized spacial score (nSPS) is 11.2. The van der Waals surface area contributed by atoms with Crippen LogP contribution < -0.4 is 15.4 Å². The molecule has 1 amide bonds. The number of rotatable bonds is 6. The van der Waals surface area contributed by atoms with Crippen LogP contribution in [0.15, 0.2) is 29.3 Å². The van der Waals surface area contributed by atoms with Crippen LogP contribution in [0.3, 0.4) is 0 Å². The number of hydrogen-bond donors (Lipinski definition) is 2. The molecular weight excluding hydrogens is 447 g/mol. The van der Waals surface area contributed by atoms with Gasteiger partial charge in [0.05, 0.1) is 7.11 Å². The summed E-state index contributed by atoms with van der Waals surface area (Å²) in [5.41, 5.74) is 0.598.